The number of nitrogens with zero attached hydrogens (tertiary/aromatic N) is 2. The summed E-state index contributed by atoms with van der Waals surface area (Å²) in [6.07, 6.45) is 0. The van der Waals surface area contributed by atoms with Gasteiger partial charge in [0.1, 0.15) is 0 Å². The average molecular weight is 331 g/mol. The lowest BCUT2D eigenvalue weighted by Crippen LogP contribution is -2.31. The van der Waals surface area contributed by atoms with E-state index >= 15 is 0 Å². The lowest BCUT2D eigenvalue weighted by molar-refractivity contribution is 0.0689. The molecule has 25 heavy (non-hydrogen) atoms. The van der Waals surface area contributed by atoms with E-state index in [9.17, 15) is 19.2 Å². The first-order chi connectivity index (χ1) is 11.9. The van der Waals surface area contributed by atoms with Crippen molar-refractivity contribution in [2.75, 3.05) is 7.05 Å². The Morgan fingerprint density at radius 1 is 0.680 bits per heavy atom. The number of benzene rings is 2. The molecule has 0 unspecified atom stereocenters. The maximum absolute atomic E-state index is 12.3. The van der Waals surface area contributed by atoms with Gasteiger partial charge in [0.25, 0.3) is 19.2 Å². The van der Waals surface area contributed by atoms with Crippen molar-refractivity contribution in [3.63, 3.8) is 0 Å². The third-order valence-electron chi connectivity index (χ3n) is 4.60. The Labute approximate surface area is 144 Å². The Hall–Kier alpha value is -3.22. The van der Waals surface area contributed by atoms with E-state index in [-0.39, 0.29) is 23.6 Å². The molecule has 1 radical (unpaired) electrons. The number of carbonyl (C=O) groups excluding carboxylic acids is 4. The highest BCUT2D eigenvalue weighted by Gasteiger charge is 2.35. The van der Waals surface area contributed by atoms with Crippen molar-refractivity contribution in [3.05, 3.63) is 58.7 Å². The Balaban J connectivity index is 1.80. The van der Waals surface area contributed by atoms with Crippen molar-refractivity contribution in [2.24, 2.45) is 0 Å². The second-order valence-corrected chi connectivity index (χ2v) is 5.93. The van der Waals surface area contributed by atoms with Crippen LogP contribution in [-0.2, 0) is 0 Å². The Bertz CT molecular complexity index is 999. The molecule has 2 aromatic carbocycles. The van der Waals surface area contributed by atoms with E-state index in [0.717, 1.165) is 9.71 Å². The third-order valence-corrected chi connectivity index (χ3v) is 4.60. The molecule has 0 bridgehead atoms. The molecular formula is C18H12BN2O4. The van der Waals surface area contributed by atoms with Crippen LogP contribution in [0.5, 0.6) is 0 Å². The summed E-state index contributed by atoms with van der Waals surface area (Å²) in [5.41, 5.74) is 2.82. The summed E-state index contributed by atoms with van der Waals surface area (Å²) < 4.78 is 0. The van der Waals surface area contributed by atoms with Crippen LogP contribution in [0.2, 0.25) is 6.82 Å². The van der Waals surface area contributed by atoms with Gasteiger partial charge in [-0.25, -0.2) is 0 Å². The SMILES string of the molecule is C[B]N1C(=O)c2ccc(-c3ccc4c(c3)C(=O)N(C)C4=O)cc2C1=O. The number of fused-ring (bicyclic) bond motifs is 2. The minimum absolute atomic E-state index is 0.324. The minimum Gasteiger partial charge on any atom is -0.326 e. The fourth-order valence-corrected chi connectivity index (χ4v) is 3.21. The Kier molecular flexibility index (Phi) is 3.15. The molecule has 2 aliphatic rings. The van der Waals surface area contributed by atoms with Gasteiger partial charge in [-0.3, -0.25) is 24.1 Å². The van der Waals surface area contributed by atoms with E-state index in [4.69, 9.17) is 0 Å². The summed E-state index contributed by atoms with van der Waals surface area (Å²) in [5, 5.41) is 0. The normalized spacial score (nSPS) is 15.8. The van der Waals surface area contributed by atoms with Crippen molar-refractivity contribution < 1.29 is 19.2 Å². The van der Waals surface area contributed by atoms with Gasteiger partial charge in [-0.15, -0.1) is 0 Å². The fourth-order valence-electron chi connectivity index (χ4n) is 3.21. The molecule has 0 atom stereocenters. The van der Waals surface area contributed by atoms with Gasteiger partial charge in [-0.1, -0.05) is 19.0 Å². The summed E-state index contributed by atoms with van der Waals surface area (Å²) in [7, 11) is 2.89. The van der Waals surface area contributed by atoms with Crippen LogP contribution in [0.4, 0.5) is 0 Å². The number of hydrogen-bond donors (Lipinski definition) is 0. The van der Waals surface area contributed by atoms with Crippen LogP contribution in [-0.4, -0.2) is 47.8 Å². The zero-order chi connectivity index (χ0) is 17.9. The molecule has 0 aliphatic carbocycles. The van der Waals surface area contributed by atoms with Crippen molar-refractivity contribution in [3.8, 4) is 11.1 Å². The standard InChI is InChI=1S/C18H12BN2O4/c1-19-21-17(24)12-6-4-10(8-14(12)18(21)25)9-3-5-11-13(7-9)16(23)20(2)15(11)22/h3-8H,1-2H3. The first kappa shape index (κ1) is 15.3. The van der Waals surface area contributed by atoms with Gasteiger partial charge in [0.15, 0.2) is 0 Å². The average Bonchev–Trinajstić information content (AvgIpc) is 3.00. The summed E-state index contributed by atoms with van der Waals surface area (Å²) in [6, 6.07) is 9.98. The van der Waals surface area contributed by atoms with E-state index in [2.05, 4.69) is 0 Å². The maximum Gasteiger partial charge on any atom is 0.261 e. The second-order valence-electron chi connectivity index (χ2n) is 5.93. The van der Waals surface area contributed by atoms with E-state index in [0.29, 0.717) is 33.4 Å². The highest BCUT2D eigenvalue weighted by Crippen LogP contribution is 2.31. The highest BCUT2D eigenvalue weighted by molar-refractivity contribution is 6.47. The molecule has 0 fully saturated rings. The zero-order valence-corrected chi connectivity index (χ0v) is 13.6. The predicted molar refractivity (Wildman–Crippen MR) is 90.4 cm³/mol. The van der Waals surface area contributed by atoms with Crippen LogP contribution in [0.3, 0.4) is 0 Å². The molecular weight excluding hydrogens is 319 g/mol. The smallest absolute Gasteiger partial charge is 0.261 e. The van der Waals surface area contributed by atoms with Crippen LogP contribution < -0.4 is 0 Å². The molecule has 0 aromatic heterocycles. The Morgan fingerprint density at radius 2 is 1.12 bits per heavy atom. The van der Waals surface area contributed by atoms with Crippen molar-refractivity contribution >= 4 is 31.0 Å². The quantitative estimate of drug-likeness (QED) is 0.622. The number of carbonyl (C=O) groups is 4. The lowest BCUT2D eigenvalue weighted by atomic mass is 9.96. The predicted octanol–water partition coefficient (Wildman–Crippen LogP) is 1.84. The molecule has 2 heterocycles. The van der Waals surface area contributed by atoms with E-state index < -0.39 is 0 Å². The van der Waals surface area contributed by atoms with E-state index in [1.807, 2.05) is 0 Å². The van der Waals surface area contributed by atoms with E-state index in [1.165, 1.54) is 14.5 Å². The van der Waals surface area contributed by atoms with Gasteiger partial charge in [0.2, 0.25) is 11.8 Å². The summed E-state index contributed by atoms with van der Waals surface area (Å²) in [5.74, 6) is -1.38. The van der Waals surface area contributed by atoms with Crippen molar-refractivity contribution in [1.29, 1.82) is 0 Å². The monoisotopic (exact) mass is 331 g/mol. The summed E-state index contributed by atoms with van der Waals surface area (Å²) in [4.78, 5) is 50.7. The molecule has 4 amide bonds. The first-order valence-electron chi connectivity index (χ1n) is 7.72. The van der Waals surface area contributed by atoms with Gasteiger partial charge in [0, 0.05) is 7.05 Å². The van der Waals surface area contributed by atoms with Crippen LogP contribution in [0.1, 0.15) is 41.4 Å². The molecule has 0 saturated heterocycles. The highest BCUT2D eigenvalue weighted by atomic mass is 16.2. The van der Waals surface area contributed by atoms with Gasteiger partial charge in [0.05, 0.1) is 22.3 Å². The minimum atomic E-state index is -0.364. The van der Waals surface area contributed by atoms with Gasteiger partial charge >= 0.3 is 0 Å². The number of rotatable bonds is 2. The van der Waals surface area contributed by atoms with Crippen LogP contribution >= 0.6 is 0 Å². The molecule has 0 saturated carbocycles. The fraction of sp³-hybridized carbons (Fsp3) is 0.111. The molecule has 0 spiro atoms. The molecule has 7 heteroatoms. The third kappa shape index (κ3) is 1.99. The van der Waals surface area contributed by atoms with E-state index in [1.54, 1.807) is 43.2 Å². The molecule has 6 nitrogen and oxygen atoms in total. The van der Waals surface area contributed by atoms with Gasteiger partial charge < -0.3 is 4.81 Å². The summed E-state index contributed by atoms with van der Waals surface area (Å²) in [6.45, 7) is 1.63. The first-order valence-corrected chi connectivity index (χ1v) is 7.72. The Morgan fingerprint density at radius 3 is 1.68 bits per heavy atom. The van der Waals surface area contributed by atoms with Crippen LogP contribution in [0, 0.1) is 0 Å². The lowest BCUT2D eigenvalue weighted by Gasteiger charge is -2.08. The van der Waals surface area contributed by atoms with Gasteiger partial charge in [-0.05, 0) is 35.4 Å². The zero-order valence-electron chi connectivity index (χ0n) is 13.6. The van der Waals surface area contributed by atoms with Crippen molar-refractivity contribution in [2.45, 2.75) is 6.82 Å². The van der Waals surface area contributed by atoms with Crippen LogP contribution in [0.25, 0.3) is 11.1 Å². The molecule has 2 aromatic rings. The summed E-state index contributed by atoms with van der Waals surface area (Å²) >= 11 is 0. The molecule has 121 valence electrons. The van der Waals surface area contributed by atoms with Crippen LogP contribution in [0.15, 0.2) is 36.4 Å². The number of hydrogen-bond acceptors (Lipinski definition) is 4. The van der Waals surface area contributed by atoms with Crippen molar-refractivity contribution in [1.82, 2.24) is 9.71 Å². The molecule has 4 rings (SSSR count). The number of imide groups is 2. The largest absolute Gasteiger partial charge is 0.326 e. The molecule has 0 N–H and O–H groups in total. The molecule has 2 aliphatic heterocycles. The van der Waals surface area contributed by atoms with Gasteiger partial charge in [-0.2, -0.15) is 0 Å². The second kappa shape index (κ2) is 5.14. The topological polar surface area (TPSA) is 74.8 Å². The maximum atomic E-state index is 12.3. The number of amides is 4.